The highest BCUT2D eigenvalue weighted by Crippen LogP contribution is 2.16. The predicted octanol–water partition coefficient (Wildman–Crippen LogP) is 1.99. The molecule has 2 aromatic heterocycles. The van der Waals surface area contributed by atoms with Crippen LogP contribution in [0.2, 0.25) is 0 Å². The van der Waals surface area contributed by atoms with Crippen molar-refractivity contribution in [1.82, 2.24) is 9.13 Å². The number of benzene rings is 1. The molecule has 6 nitrogen and oxygen atoms in total. The molecule has 0 unspecified atom stereocenters. The fraction of sp³-hybridized carbons (Fsp3) is 0.176. The van der Waals surface area contributed by atoms with Crippen molar-refractivity contribution in [2.45, 2.75) is 6.54 Å². The monoisotopic (exact) mass is 311 g/mol. The molecule has 0 atom stereocenters. The van der Waals surface area contributed by atoms with Gasteiger partial charge in [-0.15, -0.1) is 0 Å². The van der Waals surface area contributed by atoms with Crippen LogP contribution in [0.25, 0.3) is 10.9 Å². The van der Waals surface area contributed by atoms with Crippen LogP contribution < -0.4 is 15.6 Å². The van der Waals surface area contributed by atoms with Gasteiger partial charge in [0, 0.05) is 36.6 Å². The summed E-state index contributed by atoms with van der Waals surface area (Å²) in [5.74, 6) is 0.388. The van der Waals surface area contributed by atoms with Gasteiger partial charge in [-0.05, 0) is 24.3 Å². The zero-order valence-corrected chi connectivity index (χ0v) is 12.9. The van der Waals surface area contributed by atoms with Crippen LogP contribution in [0.5, 0.6) is 5.75 Å². The van der Waals surface area contributed by atoms with Gasteiger partial charge in [0.2, 0.25) is 5.91 Å². The number of aromatic nitrogens is 2. The zero-order chi connectivity index (χ0) is 16.4. The van der Waals surface area contributed by atoms with Crippen molar-refractivity contribution in [1.29, 1.82) is 0 Å². The Morgan fingerprint density at radius 3 is 2.78 bits per heavy atom. The highest BCUT2D eigenvalue weighted by Gasteiger charge is 2.10. The van der Waals surface area contributed by atoms with Gasteiger partial charge in [-0.1, -0.05) is 6.07 Å². The lowest BCUT2D eigenvalue weighted by Crippen LogP contribution is -2.27. The first-order chi connectivity index (χ1) is 11.1. The Hall–Kier alpha value is -3.02. The number of amides is 1. The van der Waals surface area contributed by atoms with Gasteiger partial charge >= 0.3 is 0 Å². The van der Waals surface area contributed by atoms with E-state index in [9.17, 15) is 9.59 Å². The van der Waals surface area contributed by atoms with Crippen molar-refractivity contribution in [2.24, 2.45) is 7.05 Å². The molecule has 118 valence electrons. The summed E-state index contributed by atoms with van der Waals surface area (Å²) in [7, 11) is 3.37. The highest BCUT2D eigenvalue weighted by atomic mass is 16.5. The van der Waals surface area contributed by atoms with Crippen LogP contribution in [0.15, 0.2) is 53.6 Å². The second-order valence-corrected chi connectivity index (χ2v) is 5.26. The van der Waals surface area contributed by atoms with Gasteiger partial charge in [0.05, 0.1) is 7.11 Å². The van der Waals surface area contributed by atoms with Crippen molar-refractivity contribution in [3.8, 4) is 5.75 Å². The lowest BCUT2D eigenvalue weighted by molar-refractivity contribution is -0.116. The van der Waals surface area contributed by atoms with E-state index in [1.807, 2.05) is 25.4 Å². The van der Waals surface area contributed by atoms with Gasteiger partial charge in [0.15, 0.2) is 0 Å². The first kappa shape index (κ1) is 14.9. The second kappa shape index (κ2) is 6.00. The standard InChI is InChI=1S/C17H17N3O3/c1-19-8-6-12-7-9-20(17(22)16(12)19)11-15(21)18-13-4-3-5-14(10-13)23-2/h3-10H,11H2,1-2H3,(H,18,21). The fourth-order valence-electron chi connectivity index (χ4n) is 2.51. The Morgan fingerprint density at radius 1 is 1.22 bits per heavy atom. The summed E-state index contributed by atoms with van der Waals surface area (Å²) in [6.07, 6.45) is 3.46. The van der Waals surface area contributed by atoms with E-state index in [1.165, 1.54) is 4.57 Å². The molecule has 1 amide bonds. The molecule has 3 aromatic rings. The normalized spacial score (nSPS) is 10.7. The van der Waals surface area contributed by atoms with Gasteiger partial charge in [0.1, 0.15) is 17.8 Å². The number of anilines is 1. The summed E-state index contributed by atoms with van der Waals surface area (Å²) in [5, 5.41) is 3.63. The molecule has 0 fully saturated rings. The number of carbonyl (C=O) groups is 1. The minimum Gasteiger partial charge on any atom is -0.497 e. The maximum Gasteiger partial charge on any atom is 0.275 e. The van der Waals surface area contributed by atoms with Crippen molar-refractivity contribution in [3.05, 3.63) is 59.1 Å². The number of methoxy groups -OCH3 is 1. The molecule has 1 N–H and O–H groups in total. The molecule has 0 aliphatic heterocycles. The number of carbonyl (C=O) groups excluding carboxylic acids is 1. The van der Waals surface area contributed by atoms with Gasteiger partial charge in [0.25, 0.3) is 5.56 Å². The Bertz CT molecular complexity index is 924. The Labute approximate surface area is 132 Å². The minimum absolute atomic E-state index is 0.0445. The largest absolute Gasteiger partial charge is 0.497 e. The second-order valence-electron chi connectivity index (χ2n) is 5.26. The third kappa shape index (κ3) is 2.96. The van der Waals surface area contributed by atoms with Crippen molar-refractivity contribution in [3.63, 3.8) is 0 Å². The maximum atomic E-state index is 12.4. The van der Waals surface area contributed by atoms with Crippen LogP contribution >= 0.6 is 0 Å². The van der Waals surface area contributed by atoms with E-state index in [1.54, 1.807) is 42.1 Å². The Morgan fingerprint density at radius 2 is 2.00 bits per heavy atom. The SMILES string of the molecule is COc1cccc(NC(=O)Cn2ccc3ccn(C)c3c2=O)c1. The van der Waals surface area contributed by atoms with Crippen molar-refractivity contribution in [2.75, 3.05) is 12.4 Å². The Balaban J connectivity index is 1.81. The molecule has 0 aliphatic carbocycles. The summed E-state index contributed by atoms with van der Waals surface area (Å²) in [4.78, 5) is 24.6. The number of ether oxygens (including phenoxy) is 1. The van der Waals surface area contributed by atoms with Crippen LogP contribution in [0, 0.1) is 0 Å². The summed E-state index contributed by atoms with van der Waals surface area (Å²) in [6.45, 7) is -0.0445. The number of pyridine rings is 1. The van der Waals surface area contributed by atoms with Crippen LogP contribution in [0.1, 0.15) is 0 Å². The van der Waals surface area contributed by atoms with Gasteiger partial charge < -0.3 is 19.2 Å². The molecular formula is C17H17N3O3. The van der Waals surface area contributed by atoms with E-state index in [2.05, 4.69) is 5.32 Å². The molecule has 0 saturated carbocycles. The topological polar surface area (TPSA) is 65.3 Å². The van der Waals surface area contributed by atoms with Crippen molar-refractivity contribution >= 4 is 22.5 Å². The number of rotatable bonds is 4. The van der Waals surface area contributed by atoms with E-state index < -0.39 is 0 Å². The van der Waals surface area contributed by atoms with Crippen LogP contribution in [-0.2, 0) is 18.4 Å². The molecule has 3 rings (SSSR count). The first-order valence-corrected chi connectivity index (χ1v) is 7.17. The van der Waals surface area contributed by atoms with E-state index in [-0.39, 0.29) is 18.0 Å². The average molecular weight is 311 g/mol. The number of nitrogens with one attached hydrogen (secondary N) is 1. The van der Waals surface area contributed by atoms with Crippen LogP contribution in [0.3, 0.4) is 0 Å². The van der Waals surface area contributed by atoms with E-state index >= 15 is 0 Å². The van der Waals surface area contributed by atoms with Crippen molar-refractivity contribution < 1.29 is 9.53 Å². The predicted molar refractivity (Wildman–Crippen MR) is 88.8 cm³/mol. The van der Waals surface area contributed by atoms with Crippen LogP contribution in [-0.4, -0.2) is 22.2 Å². The molecule has 0 aliphatic rings. The molecular weight excluding hydrogens is 294 g/mol. The molecule has 0 saturated heterocycles. The molecule has 1 aromatic carbocycles. The first-order valence-electron chi connectivity index (χ1n) is 7.17. The number of fused-ring (bicyclic) bond motifs is 1. The summed E-state index contributed by atoms with van der Waals surface area (Å²) >= 11 is 0. The van der Waals surface area contributed by atoms with Gasteiger partial charge in [-0.25, -0.2) is 0 Å². The fourth-order valence-corrected chi connectivity index (χ4v) is 2.51. The summed E-state index contributed by atoms with van der Waals surface area (Å²) in [5.41, 5.74) is 1.03. The Kier molecular flexibility index (Phi) is 3.89. The lowest BCUT2D eigenvalue weighted by atomic mass is 10.3. The highest BCUT2D eigenvalue weighted by molar-refractivity contribution is 5.91. The molecule has 23 heavy (non-hydrogen) atoms. The number of nitrogens with zero attached hydrogens (tertiary/aromatic N) is 2. The molecule has 6 heteroatoms. The number of aryl methyl sites for hydroxylation is 1. The van der Waals surface area contributed by atoms with E-state index in [4.69, 9.17) is 4.74 Å². The third-order valence-electron chi connectivity index (χ3n) is 3.67. The van der Waals surface area contributed by atoms with Crippen LogP contribution in [0.4, 0.5) is 5.69 Å². The van der Waals surface area contributed by atoms with Gasteiger partial charge in [-0.2, -0.15) is 0 Å². The zero-order valence-electron chi connectivity index (χ0n) is 12.9. The smallest absolute Gasteiger partial charge is 0.275 e. The summed E-state index contributed by atoms with van der Waals surface area (Å²) < 4.78 is 8.28. The average Bonchev–Trinajstić information content (AvgIpc) is 2.92. The number of hydrogen-bond acceptors (Lipinski definition) is 3. The third-order valence-corrected chi connectivity index (χ3v) is 3.67. The molecule has 2 heterocycles. The van der Waals surface area contributed by atoms with E-state index in [0.717, 1.165) is 5.39 Å². The minimum atomic E-state index is -0.270. The van der Waals surface area contributed by atoms with Gasteiger partial charge in [-0.3, -0.25) is 9.59 Å². The summed E-state index contributed by atoms with van der Waals surface area (Å²) in [6, 6.07) is 10.8. The molecule has 0 bridgehead atoms. The quantitative estimate of drug-likeness (QED) is 0.801. The number of hydrogen-bond donors (Lipinski definition) is 1. The lowest BCUT2D eigenvalue weighted by Gasteiger charge is -2.09. The maximum absolute atomic E-state index is 12.4. The van der Waals surface area contributed by atoms with E-state index in [0.29, 0.717) is 17.0 Å². The molecule has 0 radical (unpaired) electrons. The molecule has 0 spiro atoms.